The van der Waals surface area contributed by atoms with Gasteiger partial charge in [0.05, 0.1) is 5.92 Å². The number of carboxylic acids is 1. The summed E-state index contributed by atoms with van der Waals surface area (Å²) in [5.74, 6) is -2.07. The second kappa shape index (κ2) is 9.69. The number of carbonyl (C=O) groups excluding carboxylic acids is 1. The Hall–Kier alpha value is -3.28. The van der Waals surface area contributed by atoms with Crippen molar-refractivity contribution >= 4 is 24.9 Å². The number of aromatic nitrogens is 1. The maximum atomic E-state index is 12.9. The zero-order valence-corrected chi connectivity index (χ0v) is 17.6. The summed E-state index contributed by atoms with van der Waals surface area (Å²) in [6, 6.07) is 18.5. The van der Waals surface area contributed by atoms with Crippen LogP contribution in [0.1, 0.15) is 27.0 Å². The van der Waals surface area contributed by atoms with Crippen LogP contribution < -0.4 is 5.73 Å². The van der Waals surface area contributed by atoms with E-state index >= 15 is 0 Å². The zero-order chi connectivity index (χ0) is 22.4. The van der Waals surface area contributed by atoms with Gasteiger partial charge in [-0.1, -0.05) is 54.6 Å². The minimum Gasteiger partial charge on any atom is -0.481 e. The van der Waals surface area contributed by atoms with Crippen LogP contribution >= 0.6 is 7.37 Å². The molecule has 2 atom stereocenters. The predicted octanol–water partition coefficient (Wildman–Crippen LogP) is 3.61. The second-order valence-electron chi connectivity index (χ2n) is 7.41. The summed E-state index contributed by atoms with van der Waals surface area (Å²) < 4.78 is 12.9. The van der Waals surface area contributed by atoms with Crippen molar-refractivity contribution in [2.24, 2.45) is 5.92 Å². The van der Waals surface area contributed by atoms with Crippen LogP contribution in [0.4, 0.5) is 5.82 Å². The Kier molecular flexibility index (Phi) is 7.00. The van der Waals surface area contributed by atoms with Crippen molar-refractivity contribution in [3.8, 4) is 0 Å². The molecule has 0 saturated carbocycles. The first-order chi connectivity index (χ1) is 14.7. The number of ketones is 1. The Morgan fingerprint density at radius 3 is 2.32 bits per heavy atom. The van der Waals surface area contributed by atoms with Crippen LogP contribution in [0.25, 0.3) is 0 Å². The predicted molar refractivity (Wildman–Crippen MR) is 118 cm³/mol. The number of rotatable bonds is 9. The van der Waals surface area contributed by atoms with E-state index in [-0.39, 0.29) is 24.5 Å². The highest BCUT2D eigenvalue weighted by molar-refractivity contribution is 7.57. The number of aliphatic carboxylic acids is 1. The van der Waals surface area contributed by atoms with Gasteiger partial charge < -0.3 is 15.7 Å². The zero-order valence-electron chi connectivity index (χ0n) is 16.7. The van der Waals surface area contributed by atoms with Crippen LogP contribution in [0.2, 0.25) is 0 Å². The highest BCUT2D eigenvalue weighted by Crippen LogP contribution is 2.46. The summed E-state index contributed by atoms with van der Waals surface area (Å²) >= 11 is 0. The SMILES string of the molecule is Nc1ccc(CC(CP(=O)(O)Cc2cccc(C(=O)c3ccccc3)c2)C(=O)O)cn1. The lowest BCUT2D eigenvalue weighted by Gasteiger charge is -2.18. The van der Waals surface area contributed by atoms with Crippen LogP contribution in [0.3, 0.4) is 0 Å². The van der Waals surface area contributed by atoms with Crippen molar-refractivity contribution in [2.75, 3.05) is 11.9 Å². The van der Waals surface area contributed by atoms with Gasteiger partial charge in [0.25, 0.3) is 0 Å². The molecule has 0 saturated heterocycles. The molecular formula is C23H23N2O5P. The normalized spacial score (nSPS) is 13.8. The molecule has 31 heavy (non-hydrogen) atoms. The summed E-state index contributed by atoms with van der Waals surface area (Å²) in [5, 5.41) is 9.54. The molecule has 0 spiro atoms. The van der Waals surface area contributed by atoms with Crippen molar-refractivity contribution in [3.63, 3.8) is 0 Å². The Balaban J connectivity index is 1.73. The molecule has 0 radical (unpaired) electrons. The summed E-state index contributed by atoms with van der Waals surface area (Å²) in [4.78, 5) is 38.8. The molecule has 0 bridgehead atoms. The van der Waals surface area contributed by atoms with Gasteiger partial charge in [0, 0.05) is 29.6 Å². The molecule has 3 aromatic rings. The molecule has 0 aliphatic rings. The van der Waals surface area contributed by atoms with Crippen LogP contribution in [0, 0.1) is 5.92 Å². The molecule has 0 fully saturated rings. The Bertz CT molecular complexity index is 1120. The van der Waals surface area contributed by atoms with Crippen molar-refractivity contribution in [3.05, 3.63) is 95.2 Å². The van der Waals surface area contributed by atoms with Crippen LogP contribution in [-0.4, -0.2) is 32.9 Å². The molecule has 0 amide bonds. The summed E-state index contributed by atoms with van der Waals surface area (Å²) in [7, 11) is -3.83. The van der Waals surface area contributed by atoms with E-state index in [0.717, 1.165) is 0 Å². The standard InChI is InChI=1S/C23H23N2O5P/c24-21-10-9-16(13-25-21)11-20(23(27)28)15-31(29,30)14-17-5-4-8-19(12-17)22(26)18-6-2-1-3-7-18/h1-10,12-13,20H,11,14-15H2,(H2,24,25)(H,27,28)(H,29,30). The first-order valence-electron chi connectivity index (χ1n) is 9.66. The Morgan fingerprint density at radius 2 is 1.68 bits per heavy atom. The number of carbonyl (C=O) groups is 2. The number of nitrogen functional groups attached to an aromatic ring is 1. The van der Waals surface area contributed by atoms with Crippen molar-refractivity contribution in [1.29, 1.82) is 0 Å². The van der Waals surface area contributed by atoms with E-state index in [9.17, 15) is 24.2 Å². The van der Waals surface area contributed by atoms with Crippen LogP contribution in [0.15, 0.2) is 72.9 Å². The number of anilines is 1. The highest BCUT2D eigenvalue weighted by atomic mass is 31.2. The van der Waals surface area contributed by atoms with E-state index in [2.05, 4.69) is 4.98 Å². The van der Waals surface area contributed by atoms with Crippen LogP contribution in [-0.2, 0) is 21.9 Å². The molecule has 160 valence electrons. The topological polar surface area (TPSA) is 131 Å². The highest BCUT2D eigenvalue weighted by Gasteiger charge is 2.29. The van der Waals surface area contributed by atoms with Gasteiger partial charge in [-0.2, -0.15) is 0 Å². The maximum Gasteiger partial charge on any atom is 0.307 e. The first-order valence-corrected chi connectivity index (χ1v) is 11.7. The molecule has 2 aromatic carbocycles. The molecule has 7 nitrogen and oxygen atoms in total. The van der Waals surface area contributed by atoms with Gasteiger partial charge in [-0.05, 0) is 29.7 Å². The van der Waals surface area contributed by atoms with Gasteiger partial charge in [-0.15, -0.1) is 0 Å². The molecule has 3 rings (SSSR count). The summed E-state index contributed by atoms with van der Waals surface area (Å²) in [6.07, 6.45) is 0.933. The third-order valence-electron chi connectivity index (χ3n) is 4.84. The van der Waals surface area contributed by atoms with E-state index in [1.165, 1.54) is 6.20 Å². The van der Waals surface area contributed by atoms with Crippen molar-refractivity contribution in [2.45, 2.75) is 12.6 Å². The molecule has 1 heterocycles. The number of pyridine rings is 1. The van der Waals surface area contributed by atoms with Gasteiger partial charge in [0.15, 0.2) is 5.78 Å². The fourth-order valence-electron chi connectivity index (χ4n) is 3.33. The molecule has 8 heteroatoms. The van der Waals surface area contributed by atoms with Gasteiger partial charge >= 0.3 is 5.97 Å². The lowest BCUT2D eigenvalue weighted by Crippen LogP contribution is -2.21. The van der Waals surface area contributed by atoms with E-state index in [1.807, 2.05) is 6.07 Å². The number of nitrogens with two attached hydrogens (primary N) is 1. The lowest BCUT2D eigenvalue weighted by molar-refractivity contribution is -0.141. The van der Waals surface area contributed by atoms with E-state index in [4.69, 9.17) is 5.73 Å². The molecule has 0 aliphatic heterocycles. The van der Waals surface area contributed by atoms with Crippen molar-refractivity contribution in [1.82, 2.24) is 4.98 Å². The Labute approximate surface area is 180 Å². The van der Waals surface area contributed by atoms with Gasteiger partial charge in [-0.25, -0.2) is 4.98 Å². The number of nitrogens with zero attached hydrogens (tertiary/aromatic N) is 1. The number of hydrogen-bond donors (Lipinski definition) is 3. The van der Waals surface area contributed by atoms with Gasteiger partial charge in [-0.3, -0.25) is 14.2 Å². The molecular weight excluding hydrogens is 415 g/mol. The fourth-order valence-corrected chi connectivity index (χ4v) is 5.20. The minimum atomic E-state index is -3.83. The Morgan fingerprint density at radius 1 is 0.968 bits per heavy atom. The molecule has 4 N–H and O–H groups in total. The maximum absolute atomic E-state index is 12.9. The van der Waals surface area contributed by atoms with Crippen molar-refractivity contribution < 1.29 is 24.2 Å². The summed E-state index contributed by atoms with van der Waals surface area (Å²) in [5.41, 5.74) is 7.60. The first kappa shape index (κ1) is 22.4. The average molecular weight is 438 g/mol. The monoisotopic (exact) mass is 438 g/mol. The average Bonchev–Trinajstić information content (AvgIpc) is 2.74. The smallest absolute Gasteiger partial charge is 0.307 e. The number of benzene rings is 2. The number of carboxylic acid groups (broad SMARTS) is 1. The van der Waals surface area contributed by atoms with E-state index in [1.54, 1.807) is 60.7 Å². The third-order valence-corrected chi connectivity index (χ3v) is 6.71. The largest absolute Gasteiger partial charge is 0.481 e. The van der Waals surface area contributed by atoms with Gasteiger partial charge in [0.2, 0.25) is 7.37 Å². The minimum absolute atomic E-state index is 0.0691. The third kappa shape index (κ3) is 6.35. The lowest BCUT2D eigenvalue weighted by atomic mass is 10.0. The fraction of sp³-hybridized carbons (Fsp3) is 0.174. The van der Waals surface area contributed by atoms with E-state index in [0.29, 0.717) is 28.1 Å². The summed E-state index contributed by atoms with van der Waals surface area (Å²) in [6.45, 7) is 0. The molecule has 0 aliphatic carbocycles. The quantitative estimate of drug-likeness (QED) is 0.344. The van der Waals surface area contributed by atoms with E-state index < -0.39 is 19.3 Å². The number of hydrogen-bond acceptors (Lipinski definition) is 5. The van der Waals surface area contributed by atoms with Gasteiger partial charge in [0.1, 0.15) is 5.82 Å². The van der Waals surface area contributed by atoms with Crippen LogP contribution in [0.5, 0.6) is 0 Å². The second-order valence-corrected chi connectivity index (χ2v) is 9.79. The molecule has 2 unspecified atom stereocenters. The molecule has 1 aromatic heterocycles.